The Bertz CT molecular complexity index is 85.0. The molecule has 2 radical (unpaired) electrons. The van der Waals surface area contributed by atoms with Crippen molar-refractivity contribution >= 4 is 21.8 Å². The molecule has 0 bridgehead atoms. The van der Waals surface area contributed by atoms with Crippen LogP contribution >= 0.6 is 0 Å². The molecule has 0 saturated heterocycles. The van der Waals surface area contributed by atoms with Crippen molar-refractivity contribution in [1.82, 2.24) is 5.32 Å². The molecule has 0 aromatic carbocycles. The number of Topliss-reactive ketones (excluding diaryl/α,β-unsaturated/α-hetero) is 1. The molecule has 1 N–H and O–H groups in total. The quantitative estimate of drug-likeness (QED) is 0.715. The first-order valence-electron chi connectivity index (χ1n) is 2.48. The molecule has 9 heavy (non-hydrogen) atoms. The zero-order valence-electron chi connectivity index (χ0n) is 5.68. The van der Waals surface area contributed by atoms with Crippen LogP contribution in [0.2, 0.25) is 5.32 Å². The van der Waals surface area contributed by atoms with Crippen molar-refractivity contribution in [3.05, 3.63) is 0 Å². The largest absolute Gasteiger partial charge is 0 e. The molecule has 1 atom stereocenters. The topological polar surface area (TPSA) is 29.1 Å². The molecule has 0 aromatic heterocycles. The van der Waals surface area contributed by atoms with Gasteiger partial charge in [0.2, 0.25) is 0 Å². The summed E-state index contributed by atoms with van der Waals surface area (Å²) in [4.78, 5) is 10.5. The first-order chi connectivity index (χ1) is 3.72. The SMILES string of the molecule is CN[C@@H](C[Se])C(C)=O.[Y]. The van der Waals surface area contributed by atoms with Gasteiger partial charge in [-0.25, -0.2) is 0 Å². The Morgan fingerprint density at radius 1 is 1.78 bits per heavy atom. The molecule has 2 nitrogen and oxygen atoms in total. The fourth-order valence-corrected chi connectivity index (χ4v) is 1.25. The van der Waals surface area contributed by atoms with E-state index in [0.29, 0.717) is 0 Å². The smallest absolute Gasteiger partial charge is 0 e. The Morgan fingerprint density at radius 3 is 2.22 bits per heavy atom. The molecule has 4 heteroatoms. The van der Waals surface area contributed by atoms with Crippen molar-refractivity contribution in [1.29, 1.82) is 0 Å². The van der Waals surface area contributed by atoms with Gasteiger partial charge >= 0.3 is 57.2 Å². The predicted molar refractivity (Wildman–Crippen MR) is 34.1 cm³/mol. The fourth-order valence-electron chi connectivity index (χ4n) is 0.404. The monoisotopic (exact) mass is 269 g/mol. The van der Waals surface area contributed by atoms with Crippen LogP contribution in [0.4, 0.5) is 0 Å². The van der Waals surface area contributed by atoms with Crippen molar-refractivity contribution in [2.24, 2.45) is 0 Å². The molecule has 0 aliphatic heterocycles. The van der Waals surface area contributed by atoms with Gasteiger partial charge < -0.3 is 0 Å². The summed E-state index contributed by atoms with van der Waals surface area (Å²) in [6, 6.07) is 0.00926. The minimum absolute atomic E-state index is 0. The van der Waals surface area contributed by atoms with Crippen molar-refractivity contribution in [2.75, 3.05) is 7.05 Å². The number of hydrogen-bond acceptors (Lipinski definition) is 2. The predicted octanol–water partition coefficient (Wildman–Crippen LogP) is -0.252. The van der Waals surface area contributed by atoms with Crippen LogP contribution in [0.25, 0.3) is 0 Å². The second kappa shape index (κ2) is 7.36. The maximum atomic E-state index is 10.5. The normalized spacial score (nSPS) is 11.9. The van der Waals surface area contributed by atoms with E-state index in [1.807, 2.05) is 0 Å². The van der Waals surface area contributed by atoms with Crippen LogP contribution in [0.15, 0.2) is 0 Å². The van der Waals surface area contributed by atoms with E-state index in [1.54, 1.807) is 14.0 Å². The van der Waals surface area contributed by atoms with Crippen LogP contribution in [0, 0.1) is 0 Å². The molecule has 0 saturated carbocycles. The van der Waals surface area contributed by atoms with E-state index >= 15 is 0 Å². The van der Waals surface area contributed by atoms with E-state index in [1.165, 1.54) is 0 Å². The van der Waals surface area contributed by atoms with Gasteiger partial charge in [-0.05, 0) is 0 Å². The first-order valence-corrected chi connectivity index (χ1v) is 3.69. The number of likely N-dealkylation sites (N-methyl/N-ethyl adjacent to an activating group) is 1. The van der Waals surface area contributed by atoms with Gasteiger partial charge in [0.05, 0.1) is 0 Å². The van der Waals surface area contributed by atoms with E-state index in [0.717, 1.165) is 5.32 Å². The summed E-state index contributed by atoms with van der Waals surface area (Å²) >= 11 is 2.79. The standard InChI is InChI=1S/C5H10NOSe.Y/c1-4(7)5(3-8)6-2;/h5-6H,3H2,1-2H3;/t5-;/m0./s1. The zero-order valence-corrected chi connectivity index (χ0v) is 10.2. The van der Waals surface area contributed by atoms with Crippen LogP contribution in [-0.2, 0) is 37.5 Å². The Balaban J connectivity index is 0. The molecule has 0 rings (SSSR count). The average Bonchev–Trinajstić information content (AvgIpc) is 1.69. The maximum absolute atomic E-state index is 10.5. The first kappa shape index (κ1) is 12.9. The second-order valence-corrected chi connectivity index (χ2v) is 2.32. The average molecular weight is 268 g/mol. The molecule has 0 heterocycles. The summed E-state index contributed by atoms with van der Waals surface area (Å²) in [5, 5.41) is 3.63. The minimum atomic E-state index is 0. The number of ketones is 1. The van der Waals surface area contributed by atoms with Gasteiger partial charge in [-0.15, -0.1) is 0 Å². The maximum Gasteiger partial charge on any atom is 0 e. The molecule has 0 aliphatic rings. The van der Waals surface area contributed by atoms with Crippen molar-refractivity contribution in [3.8, 4) is 0 Å². The van der Waals surface area contributed by atoms with Crippen molar-refractivity contribution in [2.45, 2.75) is 18.3 Å². The molecule has 0 fully saturated rings. The van der Waals surface area contributed by atoms with Gasteiger partial charge in [0.1, 0.15) is 0 Å². The van der Waals surface area contributed by atoms with Gasteiger partial charge in [-0.3, -0.25) is 0 Å². The molecule has 0 aliphatic carbocycles. The Morgan fingerprint density at radius 2 is 2.22 bits per heavy atom. The fraction of sp³-hybridized carbons (Fsp3) is 0.800. The third-order valence-corrected chi connectivity index (χ3v) is 1.71. The Hall–Kier alpha value is 1.25. The summed E-state index contributed by atoms with van der Waals surface area (Å²) in [6.07, 6.45) is 0. The number of hydrogen-bond donors (Lipinski definition) is 1. The van der Waals surface area contributed by atoms with Crippen LogP contribution in [0.3, 0.4) is 0 Å². The van der Waals surface area contributed by atoms with Gasteiger partial charge in [0, 0.05) is 32.7 Å². The van der Waals surface area contributed by atoms with E-state index < -0.39 is 0 Å². The number of carbonyl (C=O) groups excluding carboxylic acids is 1. The van der Waals surface area contributed by atoms with Crippen LogP contribution in [0.1, 0.15) is 6.92 Å². The number of rotatable bonds is 3. The third-order valence-electron chi connectivity index (χ3n) is 1.01. The van der Waals surface area contributed by atoms with E-state index in [4.69, 9.17) is 0 Å². The summed E-state index contributed by atoms with van der Waals surface area (Å²) in [5.74, 6) is 0.186. The summed E-state index contributed by atoms with van der Waals surface area (Å²) in [5.41, 5.74) is 0. The van der Waals surface area contributed by atoms with E-state index in [2.05, 4.69) is 21.3 Å². The molecule has 0 amide bonds. The van der Waals surface area contributed by atoms with Crippen molar-refractivity contribution < 1.29 is 37.5 Å². The zero-order chi connectivity index (χ0) is 6.57. The Labute approximate surface area is 89.2 Å². The van der Waals surface area contributed by atoms with E-state index in [9.17, 15) is 4.79 Å². The Kier molecular flexibility index (Phi) is 10.5. The molecular weight excluding hydrogens is 258 g/mol. The van der Waals surface area contributed by atoms with E-state index in [-0.39, 0.29) is 44.5 Å². The molecular formula is C5H10NOSeY. The van der Waals surface area contributed by atoms with Gasteiger partial charge in [-0.1, -0.05) is 0 Å². The number of carbonyl (C=O) groups is 1. The second-order valence-electron chi connectivity index (χ2n) is 1.62. The third kappa shape index (κ3) is 5.69. The molecule has 50 valence electrons. The van der Waals surface area contributed by atoms with Gasteiger partial charge in [-0.2, -0.15) is 0 Å². The van der Waals surface area contributed by atoms with Gasteiger partial charge in [0.25, 0.3) is 0 Å². The summed E-state index contributed by atoms with van der Waals surface area (Å²) in [6.45, 7) is 1.58. The van der Waals surface area contributed by atoms with Crippen molar-refractivity contribution in [3.63, 3.8) is 0 Å². The molecule has 0 aromatic rings. The summed E-state index contributed by atoms with van der Waals surface area (Å²) < 4.78 is 0. The van der Waals surface area contributed by atoms with Crippen LogP contribution in [0.5, 0.6) is 0 Å². The minimum Gasteiger partial charge on any atom is 0 e. The van der Waals surface area contributed by atoms with Crippen LogP contribution in [-0.4, -0.2) is 34.9 Å². The number of nitrogens with one attached hydrogen (secondary N) is 1. The van der Waals surface area contributed by atoms with Gasteiger partial charge in [0.15, 0.2) is 0 Å². The molecule has 0 unspecified atom stereocenters. The molecule has 0 spiro atoms. The summed E-state index contributed by atoms with van der Waals surface area (Å²) in [7, 11) is 1.78. The van der Waals surface area contributed by atoms with Crippen LogP contribution < -0.4 is 5.32 Å².